The zero-order valence-corrected chi connectivity index (χ0v) is 15.5. The Morgan fingerprint density at radius 3 is 2.18 bits per heavy atom. The van der Waals surface area contributed by atoms with E-state index < -0.39 is 0 Å². The molecule has 28 heavy (non-hydrogen) atoms. The summed E-state index contributed by atoms with van der Waals surface area (Å²) in [5.74, 6) is -0.0396. The topological polar surface area (TPSA) is 53.8 Å². The van der Waals surface area contributed by atoms with Crippen LogP contribution in [0.3, 0.4) is 0 Å². The first-order valence-electron chi connectivity index (χ1n) is 9.08. The molecule has 0 aliphatic carbocycles. The number of amides is 2. The van der Waals surface area contributed by atoms with E-state index in [1.165, 1.54) is 11.2 Å². The van der Waals surface area contributed by atoms with Crippen molar-refractivity contribution in [3.05, 3.63) is 102 Å². The monoisotopic (exact) mass is 372 g/mol. The fourth-order valence-electron chi connectivity index (χ4n) is 3.42. The minimum Gasteiger partial charge on any atom is -0.467 e. The lowest BCUT2D eigenvalue weighted by molar-refractivity contribution is -0.138. The maximum atomic E-state index is 13.2. The van der Waals surface area contributed by atoms with Crippen LogP contribution in [0.25, 0.3) is 5.57 Å². The highest BCUT2D eigenvalue weighted by Crippen LogP contribution is 2.32. The molecule has 4 rings (SSSR count). The molecular weight excluding hydrogens is 352 g/mol. The van der Waals surface area contributed by atoms with Crippen LogP contribution in [0.5, 0.6) is 0 Å². The van der Waals surface area contributed by atoms with Gasteiger partial charge in [-0.15, -0.1) is 0 Å². The summed E-state index contributed by atoms with van der Waals surface area (Å²) < 4.78 is 5.35. The number of imide groups is 1. The summed E-state index contributed by atoms with van der Waals surface area (Å²) in [6, 6.07) is 22.7. The van der Waals surface area contributed by atoms with E-state index in [4.69, 9.17) is 4.42 Å². The van der Waals surface area contributed by atoms with Crippen molar-refractivity contribution in [2.24, 2.45) is 0 Å². The van der Waals surface area contributed by atoms with E-state index in [1.54, 1.807) is 12.1 Å². The van der Waals surface area contributed by atoms with Crippen molar-refractivity contribution in [1.82, 2.24) is 9.80 Å². The number of rotatable bonds is 6. The molecule has 2 amide bonds. The number of furan rings is 1. The van der Waals surface area contributed by atoms with Gasteiger partial charge in [-0.1, -0.05) is 60.7 Å². The fraction of sp³-hybridized carbons (Fsp3) is 0.130. The van der Waals surface area contributed by atoms with E-state index in [0.29, 0.717) is 23.6 Å². The SMILES string of the molecule is CN(Cc1ccccc1)C1=C(c2ccccc2)C(=O)N(Cc2ccco2)C1=O. The van der Waals surface area contributed by atoms with Crippen LogP contribution in [0.2, 0.25) is 0 Å². The molecule has 0 bridgehead atoms. The molecule has 0 radical (unpaired) electrons. The third-order valence-electron chi connectivity index (χ3n) is 4.74. The van der Waals surface area contributed by atoms with E-state index in [1.807, 2.05) is 72.6 Å². The Kier molecular flexibility index (Phi) is 4.81. The van der Waals surface area contributed by atoms with E-state index in [0.717, 1.165) is 11.1 Å². The van der Waals surface area contributed by atoms with Crippen molar-refractivity contribution in [1.29, 1.82) is 0 Å². The molecule has 0 spiro atoms. The average Bonchev–Trinajstić information content (AvgIpc) is 3.31. The highest BCUT2D eigenvalue weighted by atomic mass is 16.3. The van der Waals surface area contributed by atoms with Gasteiger partial charge in [-0.25, -0.2) is 0 Å². The minimum atomic E-state index is -0.307. The van der Waals surface area contributed by atoms with Crippen LogP contribution < -0.4 is 0 Å². The lowest BCUT2D eigenvalue weighted by Gasteiger charge is -2.21. The van der Waals surface area contributed by atoms with Gasteiger partial charge in [0, 0.05) is 13.6 Å². The van der Waals surface area contributed by atoms with Gasteiger partial charge in [0.05, 0.1) is 18.4 Å². The van der Waals surface area contributed by atoms with Gasteiger partial charge in [-0.3, -0.25) is 14.5 Å². The maximum Gasteiger partial charge on any atom is 0.278 e. The molecule has 3 aromatic rings. The number of carbonyl (C=O) groups is 2. The molecule has 5 heteroatoms. The lowest BCUT2D eigenvalue weighted by atomic mass is 10.0. The Morgan fingerprint density at radius 1 is 0.857 bits per heavy atom. The summed E-state index contributed by atoms with van der Waals surface area (Å²) in [5, 5.41) is 0. The predicted molar refractivity (Wildman–Crippen MR) is 106 cm³/mol. The van der Waals surface area contributed by atoms with Gasteiger partial charge in [0.25, 0.3) is 11.8 Å². The van der Waals surface area contributed by atoms with Crippen LogP contribution >= 0.6 is 0 Å². The Hall–Kier alpha value is -3.60. The third-order valence-corrected chi connectivity index (χ3v) is 4.74. The second-order valence-electron chi connectivity index (χ2n) is 6.71. The van der Waals surface area contributed by atoms with Gasteiger partial charge in [0.15, 0.2) is 0 Å². The Balaban J connectivity index is 1.72. The maximum absolute atomic E-state index is 13.2. The zero-order chi connectivity index (χ0) is 19.5. The quantitative estimate of drug-likeness (QED) is 0.619. The van der Waals surface area contributed by atoms with Crippen molar-refractivity contribution in [2.75, 3.05) is 7.05 Å². The molecular formula is C23H20N2O3. The molecule has 0 fully saturated rings. The second-order valence-corrected chi connectivity index (χ2v) is 6.71. The minimum absolute atomic E-state index is 0.115. The first-order valence-corrected chi connectivity index (χ1v) is 9.08. The summed E-state index contributed by atoms with van der Waals surface area (Å²) in [7, 11) is 1.84. The summed E-state index contributed by atoms with van der Waals surface area (Å²) in [5.41, 5.74) is 2.63. The second kappa shape index (κ2) is 7.56. The molecule has 0 unspecified atom stereocenters. The standard InChI is InChI=1S/C23H20N2O3/c1-24(15-17-9-4-2-5-10-17)21-20(18-11-6-3-7-12-18)22(26)25(23(21)27)16-19-13-8-14-28-19/h2-14H,15-16H2,1H3. The van der Waals surface area contributed by atoms with Crippen LogP contribution in [0.15, 0.2) is 89.2 Å². The first-order chi connectivity index (χ1) is 13.6. The van der Waals surface area contributed by atoms with Crippen LogP contribution in [0.4, 0.5) is 0 Å². The number of benzene rings is 2. The molecule has 0 N–H and O–H groups in total. The van der Waals surface area contributed by atoms with E-state index in [-0.39, 0.29) is 18.4 Å². The van der Waals surface area contributed by atoms with Crippen molar-refractivity contribution >= 4 is 17.4 Å². The summed E-state index contributed by atoms with van der Waals surface area (Å²) in [6.45, 7) is 0.643. The van der Waals surface area contributed by atoms with E-state index in [2.05, 4.69) is 0 Å². The van der Waals surface area contributed by atoms with Gasteiger partial charge in [0.1, 0.15) is 11.5 Å². The molecule has 140 valence electrons. The summed E-state index contributed by atoms with van der Waals surface area (Å²) in [4.78, 5) is 29.5. The molecule has 2 heterocycles. The Bertz CT molecular complexity index is 1010. The molecule has 1 aromatic heterocycles. The first kappa shape index (κ1) is 17.8. The van der Waals surface area contributed by atoms with Crippen molar-refractivity contribution in [3.8, 4) is 0 Å². The number of carbonyl (C=O) groups excluding carboxylic acids is 2. The fourth-order valence-corrected chi connectivity index (χ4v) is 3.42. The van der Waals surface area contributed by atoms with Gasteiger partial charge < -0.3 is 9.32 Å². The van der Waals surface area contributed by atoms with Gasteiger partial charge >= 0.3 is 0 Å². The van der Waals surface area contributed by atoms with Crippen LogP contribution in [-0.4, -0.2) is 28.7 Å². The molecule has 1 aliphatic heterocycles. The lowest BCUT2D eigenvalue weighted by Crippen LogP contribution is -2.33. The Morgan fingerprint density at radius 2 is 1.54 bits per heavy atom. The smallest absolute Gasteiger partial charge is 0.278 e. The van der Waals surface area contributed by atoms with Gasteiger partial charge in [0.2, 0.25) is 0 Å². The molecule has 0 saturated carbocycles. The van der Waals surface area contributed by atoms with Crippen LogP contribution in [0.1, 0.15) is 16.9 Å². The van der Waals surface area contributed by atoms with Crippen LogP contribution in [0, 0.1) is 0 Å². The van der Waals surface area contributed by atoms with Crippen molar-refractivity contribution < 1.29 is 14.0 Å². The van der Waals surface area contributed by atoms with Crippen LogP contribution in [-0.2, 0) is 22.7 Å². The summed E-state index contributed by atoms with van der Waals surface area (Å²) >= 11 is 0. The summed E-state index contributed by atoms with van der Waals surface area (Å²) in [6.07, 6.45) is 1.54. The molecule has 0 atom stereocenters. The molecule has 5 nitrogen and oxygen atoms in total. The number of likely N-dealkylation sites (N-methyl/N-ethyl adjacent to an activating group) is 1. The molecule has 2 aromatic carbocycles. The van der Waals surface area contributed by atoms with Crippen molar-refractivity contribution in [3.63, 3.8) is 0 Å². The average molecular weight is 372 g/mol. The highest BCUT2D eigenvalue weighted by molar-refractivity contribution is 6.35. The molecule has 1 aliphatic rings. The van der Waals surface area contributed by atoms with E-state index in [9.17, 15) is 9.59 Å². The number of nitrogens with zero attached hydrogens (tertiary/aromatic N) is 2. The molecule has 0 saturated heterocycles. The third kappa shape index (κ3) is 3.34. The Labute approximate surface area is 163 Å². The predicted octanol–water partition coefficient (Wildman–Crippen LogP) is 3.69. The highest BCUT2D eigenvalue weighted by Gasteiger charge is 2.41. The van der Waals surface area contributed by atoms with Gasteiger partial charge in [-0.05, 0) is 23.3 Å². The largest absolute Gasteiger partial charge is 0.467 e. The van der Waals surface area contributed by atoms with Crippen molar-refractivity contribution in [2.45, 2.75) is 13.1 Å². The van der Waals surface area contributed by atoms with Gasteiger partial charge in [-0.2, -0.15) is 0 Å². The number of hydrogen-bond acceptors (Lipinski definition) is 4. The normalized spacial score (nSPS) is 14.1. The van der Waals surface area contributed by atoms with E-state index >= 15 is 0 Å². The number of hydrogen-bond donors (Lipinski definition) is 0. The zero-order valence-electron chi connectivity index (χ0n) is 15.5.